The van der Waals surface area contributed by atoms with Crippen LogP contribution >= 0.6 is 0 Å². The van der Waals surface area contributed by atoms with E-state index in [1.165, 1.54) is 11.9 Å². The fourth-order valence-electron chi connectivity index (χ4n) is 3.94. The van der Waals surface area contributed by atoms with Crippen molar-refractivity contribution in [1.82, 2.24) is 9.97 Å². The molecule has 33 heavy (non-hydrogen) atoms. The molecule has 7 nitrogen and oxygen atoms in total. The molecule has 8 heteroatoms. The van der Waals surface area contributed by atoms with Crippen LogP contribution in [0.4, 0.5) is 17.2 Å². The molecule has 3 aromatic carbocycles. The molecular formula is C25H24N4O3S. The molecule has 168 valence electrons. The van der Waals surface area contributed by atoms with E-state index in [0.717, 1.165) is 54.0 Å². The maximum Gasteiger partial charge on any atom is 0.175 e. The Hall–Kier alpha value is -3.49. The number of benzene rings is 3. The molecule has 1 N–H and O–H groups in total. The summed E-state index contributed by atoms with van der Waals surface area (Å²) in [5.74, 6) is 0.716. The number of anilines is 3. The molecule has 1 saturated heterocycles. The van der Waals surface area contributed by atoms with E-state index in [1.807, 2.05) is 42.5 Å². The van der Waals surface area contributed by atoms with Crippen LogP contribution in [0.2, 0.25) is 0 Å². The third-order valence-electron chi connectivity index (χ3n) is 5.76. The number of hydrogen-bond donors (Lipinski definition) is 1. The zero-order valence-electron chi connectivity index (χ0n) is 18.2. The maximum atomic E-state index is 11.8. The number of fused-ring (bicyclic) bond motifs is 1. The van der Waals surface area contributed by atoms with Crippen LogP contribution in [0, 0.1) is 0 Å². The maximum absolute atomic E-state index is 11.8. The van der Waals surface area contributed by atoms with Crippen molar-refractivity contribution in [2.24, 2.45) is 0 Å². The highest BCUT2D eigenvalue weighted by Gasteiger charge is 2.12. The SMILES string of the molecule is CS(=O)(=O)c1ccc(-c2ccc3ncnc(Nc4ccc(N5CCOCC5)cc4)c3c2)cc1. The van der Waals surface area contributed by atoms with Crippen molar-refractivity contribution < 1.29 is 13.2 Å². The predicted molar refractivity (Wildman–Crippen MR) is 131 cm³/mol. The summed E-state index contributed by atoms with van der Waals surface area (Å²) in [7, 11) is -3.23. The van der Waals surface area contributed by atoms with Crippen LogP contribution in [0.3, 0.4) is 0 Å². The Morgan fingerprint density at radius 1 is 0.879 bits per heavy atom. The summed E-state index contributed by atoms with van der Waals surface area (Å²) in [6, 6.07) is 21.1. The minimum Gasteiger partial charge on any atom is -0.378 e. The van der Waals surface area contributed by atoms with Crippen LogP contribution in [0.15, 0.2) is 78.0 Å². The molecule has 1 aromatic heterocycles. The molecule has 1 aliphatic rings. The monoisotopic (exact) mass is 460 g/mol. The van der Waals surface area contributed by atoms with Crippen molar-refractivity contribution in [1.29, 1.82) is 0 Å². The molecular weight excluding hydrogens is 436 g/mol. The molecule has 0 unspecified atom stereocenters. The predicted octanol–water partition coefficient (Wildman–Crippen LogP) is 4.28. The van der Waals surface area contributed by atoms with E-state index in [4.69, 9.17) is 4.74 Å². The Balaban J connectivity index is 1.43. The largest absolute Gasteiger partial charge is 0.378 e. The van der Waals surface area contributed by atoms with Crippen LogP contribution in [-0.2, 0) is 14.6 Å². The lowest BCUT2D eigenvalue weighted by Gasteiger charge is -2.28. The molecule has 4 aromatic rings. The van der Waals surface area contributed by atoms with E-state index in [9.17, 15) is 8.42 Å². The molecule has 0 amide bonds. The summed E-state index contributed by atoms with van der Waals surface area (Å²) < 4.78 is 28.9. The molecule has 0 saturated carbocycles. The summed E-state index contributed by atoms with van der Waals surface area (Å²) >= 11 is 0. The van der Waals surface area contributed by atoms with E-state index in [2.05, 4.69) is 32.3 Å². The zero-order chi connectivity index (χ0) is 22.8. The van der Waals surface area contributed by atoms with Gasteiger partial charge in [0.05, 0.1) is 23.6 Å². The average Bonchev–Trinajstić information content (AvgIpc) is 2.85. The standard InChI is InChI=1S/C25H24N4O3S/c1-33(30,31)22-9-2-18(3-10-22)19-4-11-24-23(16-19)25(27-17-26-24)28-20-5-7-21(8-6-20)29-12-14-32-15-13-29/h2-11,16-17H,12-15H2,1H3,(H,26,27,28). The Bertz CT molecular complexity index is 1380. The second kappa shape index (κ2) is 8.80. The topological polar surface area (TPSA) is 84.4 Å². The van der Waals surface area contributed by atoms with Crippen molar-refractivity contribution in [2.75, 3.05) is 42.8 Å². The molecule has 0 spiro atoms. The number of ether oxygens (including phenoxy) is 1. The van der Waals surface area contributed by atoms with Gasteiger partial charge < -0.3 is 15.0 Å². The molecule has 2 heterocycles. The third kappa shape index (κ3) is 4.67. The first-order chi connectivity index (χ1) is 16.0. The number of nitrogens with zero attached hydrogens (tertiary/aromatic N) is 3. The van der Waals surface area contributed by atoms with Crippen molar-refractivity contribution in [3.8, 4) is 11.1 Å². The van der Waals surface area contributed by atoms with E-state index in [-0.39, 0.29) is 0 Å². The second-order valence-corrected chi connectivity index (χ2v) is 10.0. The zero-order valence-corrected chi connectivity index (χ0v) is 19.0. The Morgan fingerprint density at radius 3 is 2.27 bits per heavy atom. The molecule has 0 radical (unpaired) electrons. The number of nitrogens with one attached hydrogen (secondary N) is 1. The minimum absolute atomic E-state index is 0.304. The van der Waals surface area contributed by atoms with Gasteiger partial charge >= 0.3 is 0 Å². The second-order valence-electron chi connectivity index (χ2n) is 8.02. The summed E-state index contributed by atoms with van der Waals surface area (Å²) in [6.07, 6.45) is 2.76. The van der Waals surface area contributed by atoms with Gasteiger partial charge in [0.15, 0.2) is 9.84 Å². The van der Waals surface area contributed by atoms with Crippen LogP contribution < -0.4 is 10.2 Å². The van der Waals surface area contributed by atoms with Gasteiger partial charge in [0.1, 0.15) is 12.1 Å². The van der Waals surface area contributed by atoms with E-state index >= 15 is 0 Å². The number of hydrogen-bond acceptors (Lipinski definition) is 7. The molecule has 0 bridgehead atoms. The highest BCUT2D eigenvalue weighted by molar-refractivity contribution is 7.90. The van der Waals surface area contributed by atoms with Crippen molar-refractivity contribution in [2.45, 2.75) is 4.90 Å². The summed E-state index contributed by atoms with van der Waals surface area (Å²) in [6.45, 7) is 3.31. The van der Waals surface area contributed by atoms with Crippen LogP contribution in [0.1, 0.15) is 0 Å². The Kier molecular flexibility index (Phi) is 5.70. The van der Waals surface area contributed by atoms with Gasteiger partial charge in [0, 0.05) is 36.1 Å². The smallest absolute Gasteiger partial charge is 0.175 e. The van der Waals surface area contributed by atoms with Crippen molar-refractivity contribution in [3.05, 3.63) is 73.1 Å². The minimum atomic E-state index is -3.23. The first kappa shape index (κ1) is 21.4. The van der Waals surface area contributed by atoms with Gasteiger partial charge in [0.2, 0.25) is 0 Å². The summed E-state index contributed by atoms with van der Waals surface area (Å²) in [4.78, 5) is 11.5. The summed E-state index contributed by atoms with van der Waals surface area (Å²) in [5.41, 5.74) is 4.83. The summed E-state index contributed by atoms with van der Waals surface area (Å²) in [5, 5.41) is 4.30. The first-order valence-corrected chi connectivity index (χ1v) is 12.6. The van der Waals surface area contributed by atoms with Gasteiger partial charge in [-0.05, 0) is 59.7 Å². The third-order valence-corrected chi connectivity index (χ3v) is 6.89. The lowest BCUT2D eigenvalue weighted by atomic mass is 10.0. The normalized spacial score (nSPS) is 14.4. The first-order valence-electron chi connectivity index (χ1n) is 10.7. The number of sulfone groups is 1. The van der Waals surface area contributed by atoms with Crippen molar-refractivity contribution in [3.63, 3.8) is 0 Å². The van der Waals surface area contributed by atoms with E-state index in [0.29, 0.717) is 10.7 Å². The number of rotatable bonds is 5. The van der Waals surface area contributed by atoms with Crippen molar-refractivity contribution >= 4 is 37.9 Å². The van der Waals surface area contributed by atoms with Crippen LogP contribution in [-0.4, -0.2) is 50.9 Å². The van der Waals surface area contributed by atoms with Gasteiger partial charge in [-0.2, -0.15) is 0 Å². The number of aromatic nitrogens is 2. The Labute approximate surface area is 193 Å². The van der Waals surface area contributed by atoms with Gasteiger partial charge in [0.25, 0.3) is 0 Å². The quantitative estimate of drug-likeness (QED) is 0.476. The molecule has 1 aliphatic heterocycles. The van der Waals surface area contributed by atoms with Gasteiger partial charge in [-0.1, -0.05) is 18.2 Å². The van der Waals surface area contributed by atoms with E-state index in [1.54, 1.807) is 18.5 Å². The lowest BCUT2D eigenvalue weighted by molar-refractivity contribution is 0.122. The molecule has 0 atom stereocenters. The lowest BCUT2D eigenvalue weighted by Crippen LogP contribution is -2.36. The molecule has 0 aliphatic carbocycles. The molecule has 5 rings (SSSR count). The Morgan fingerprint density at radius 2 is 1.58 bits per heavy atom. The van der Waals surface area contributed by atoms with Gasteiger partial charge in [-0.25, -0.2) is 18.4 Å². The average molecular weight is 461 g/mol. The van der Waals surface area contributed by atoms with Crippen LogP contribution in [0.5, 0.6) is 0 Å². The van der Waals surface area contributed by atoms with Gasteiger partial charge in [-0.3, -0.25) is 0 Å². The molecule has 1 fully saturated rings. The highest BCUT2D eigenvalue weighted by atomic mass is 32.2. The fourth-order valence-corrected chi connectivity index (χ4v) is 4.57. The fraction of sp³-hybridized carbons (Fsp3) is 0.200. The van der Waals surface area contributed by atoms with Gasteiger partial charge in [-0.15, -0.1) is 0 Å². The number of morpholine rings is 1. The highest BCUT2D eigenvalue weighted by Crippen LogP contribution is 2.30. The van der Waals surface area contributed by atoms with E-state index < -0.39 is 9.84 Å². The van der Waals surface area contributed by atoms with Crippen LogP contribution in [0.25, 0.3) is 22.0 Å².